The second kappa shape index (κ2) is 12.7. The Hall–Kier alpha value is -0.670. The molecule has 8 nitrogen and oxygen atoms in total. The molecule has 162 valence electrons. The van der Waals surface area contributed by atoms with Crippen LogP contribution in [-0.4, -0.2) is 28.4 Å². The molecule has 0 radical (unpaired) electrons. The second-order valence-electron chi connectivity index (χ2n) is 6.59. The van der Waals surface area contributed by atoms with Crippen LogP contribution < -0.4 is 92.4 Å². The third-order valence-electron chi connectivity index (χ3n) is 4.89. The first-order chi connectivity index (χ1) is 14.3. The molecule has 11 heteroatoms. The Labute approximate surface area is 232 Å². The first-order valence-electron chi connectivity index (χ1n) is 9.25. The van der Waals surface area contributed by atoms with Gasteiger partial charge in [0, 0.05) is 5.56 Å². The summed E-state index contributed by atoms with van der Waals surface area (Å²) in [6.07, 6.45) is 4.06. The van der Waals surface area contributed by atoms with E-state index in [9.17, 15) is 14.4 Å². The van der Waals surface area contributed by atoms with Crippen LogP contribution in [0, 0.1) is 0 Å². The molecule has 0 fully saturated rings. The summed E-state index contributed by atoms with van der Waals surface area (Å²) in [6.45, 7) is 0. The Kier molecular flexibility index (Phi) is 11.7. The Morgan fingerprint density at radius 1 is 0.844 bits per heavy atom. The van der Waals surface area contributed by atoms with E-state index in [2.05, 4.69) is 6.08 Å². The molecule has 0 amide bonds. The minimum absolute atomic E-state index is 0. The molecule has 32 heavy (non-hydrogen) atoms. The van der Waals surface area contributed by atoms with Gasteiger partial charge in [0.1, 0.15) is 7.82 Å². The molecule has 0 bridgehead atoms. The number of phosphoric ester groups is 1. The van der Waals surface area contributed by atoms with Gasteiger partial charge in [-0.15, -0.1) is 0 Å². The van der Waals surface area contributed by atoms with Gasteiger partial charge >= 0.3 is 59.1 Å². The van der Waals surface area contributed by atoms with E-state index in [1.807, 2.05) is 18.2 Å². The topological polar surface area (TPSA) is 109 Å². The third-order valence-corrected chi connectivity index (χ3v) is 5.30. The van der Waals surface area contributed by atoms with E-state index >= 15 is 0 Å². The summed E-state index contributed by atoms with van der Waals surface area (Å²) in [5, 5.41) is 0. The van der Waals surface area contributed by atoms with Crippen molar-refractivity contribution in [1.29, 1.82) is 0 Å². The number of ether oxygens (including phenoxy) is 4. The Morgan fingerprint density at radius 3 is 1.94 bits per heavy atom. The van der Waals surface area contributed by atoms with Crippen molar-refractivity contribution in [1.82, 2.24) is 0 Å². The SMILES string of the molecule is COc1cc(C2=CCCCc3c2ccc(OC)c3OP(=O)([O-])[O-])cc(OC)c1OC.[Na+].[Na+]. The van der Waals surface area contributed by atoms with Gasteiger partial charge in [-0.3, -0.25) is 0 Å². The number of fused-ring (bicyclic) bond motifs is 1. The molecule has 0 atom stereocenters. The monoisotopic (exact) mass is 480 g/mol. The molecular weight excluding hydrogens is 457 g/mol. The summed E-state index contributed by atoms with van der Waals surface area (Å²) >= 11 is 0. The Bertz CT molecular complexity index is 994. The molecular formula is C21H23Na2O8P. The third kappa shape index (κ3) is 6.47. The smallest absolute Gasteiger partial charge is 0.780 e. The predicted octanol–water partition coefficient (Wildman–Crippen LogP) is -3.30. The number of hydrogen-bond acceptors (Lipinski definition) is 8. The Balaban J connectivity index is 0.00000256. The van der Waals surface area contributed by atoms with Crippen molar-refractivity contribution < 1.29 is 96.9 Å². The van der Waals surface area contributed by atoms with Crippen LogP contribution >= 0.6 is 7.82 Å². The average Bonchev–Trinajstić information content (AvgIpc) is 2.94. The van der Waals surface area contributed by atoms with Crippen LogP contribution in [0.3, 0.4) is 0 Å². The van der Waals surface area contributed by atoms with Gasteiger partial charge in [-0.1, -0.05) is 12.1 Å². The number of methoxy groups -OCH3 is 4. The minimum atomic E-state index is -5.27. The van der Waals surface area contributed by atoms with Gasteiger partial charge in [0.05, 0.1) is 28.4 Å². The normalized spacial score (nSPS) is 12.8. The van der Waals surface area contributed by atoms with Gasteiger partial charge in [0.2, 0.25) is 5.75 Å². The quantitative estimate of drug-likeness (QED) is 0.300. The molecule has 0 unspecified atom stereocenters. The maximum Gasteiger partial charge on any atom is 1.00 e. The molecule has 0 saturated carbocycles. The predicted molar refractivity (Wildman–Crippen MR) is 107 cm³/mol. The number of allylic oxidation sites excluding steroid dienone is 1. The van der Waals surface area contributed by atoms with Crippen LogP contribution in [0.2, 0.25) is 0 Å². The van der Waals surface area contributed by atoms with Crippen LogP contribution in [0.1, 0.15) is 29.5 Å². The van der Waals surface area contributed by atoms with Crippen molar-refractivity contribution in [2.75, 3.05) is 28.4 Å². The van der Waals surface area contributed by atoms with Crippen molar-refractivity contribution in [3.63, 3.8) is 0 Å². The van der Waals surface area contributed by atoms with E-state index in [1.165, 1.54) is 28.4 Å². The maximum atomic E-state index is 11.4. The zero-order chi connectivity index (χ0) is 21.9. The number of rotatable bonds is 7. The molecule has 0 spiro atoms. The molecule has 1 aliphatic carbocycles. The molecule has 2 aromatic rings. The summed E-state index contributed by atoms with van der Waals surface area (Å²) in [7, 11) is 0.717. The van der Waals surface area contributed by atoms with Gasteiger partial charge < -0.3 is 37.8 Å². The van der Waals surface area contributed by atoms with Crippen LogP contribution in [0.5, 0.6) is 28.7 Å². The molecule has 0 aromatic heterocycles. The van der Waals surface area contributed by atoms with E-state index in [-0.39, 0.29) is 70.6 Å². The van der Waals surface area contributed by atoms with Crippen LogP contribution in [0.15, 0.2) is 30.3 Å². The summed E-state index contributed by atoms with van der Waals surface area (Å²) in [5.74, 6) is 1.57. The molecule has 1 aliphatic rings. The number of benzene rings is 2. The molecule has 0 saturated heterocycles. The zero-order valence-corrected chi connectivity index (χ0v) is 24.1. The standard InChI is InChI=1S/C21H25O8P.2Na/c1-25-17-10-9-15-14(7-5-6-8-16(15)20(17)29-30(22,23)24)13-11-18(26-2)21(28-4)19(12-13)27-3;;/h7,9-12H,5-6,8H2,1-4H3,(H2,22,23,24);;/q;2*+1/p-2. The van der Waals surface area contributed by atoms with Crippen molar-refractivity contribution in [2.24, 2.45) is 0 Å². The summed E-state index contributed by atoms with van der Waals surface area (Å²) in [5.41, 5.74) is 2.96. The van der Waals surface area contributed by atoms with E-state index in [0.717, 1.165) is 29.5 Å². The molecule has 2 aromatic carbocycles. The summed E-state index contributed by atoms with van der Waals surface area (Å²) in [6, 6.07) is 7.04. The second-order valence-corrected chi connectivity index (χ2v) is 7.66. The van der Waals surface area contributed by atoms with E-state index in [4.69, 9.17) is 23.5 Å². The van der Waals surface area contributed by atoms with Crippen molar-refractivity contribution in [3.8, 4) is 28.7 Å². The summed E-state index contributed by atoms with van der Waals surface area (Å²) in [4.78, 5) is 22.7. The number of phosphoric acid groups is 1. The fraction of sp³-hybridized carbons (Fsp3) is 0.333. The van der Waals surface area contributed by atoms with Gasteiger partial charge in [-0.2, -0.15) is 0 Å². The van der Waals surface area contributed by atoms with Gasteiger partial charge in [-0.05, 0) is 54.2 Å². The van der Waals surface area contributed by atoms with Crippen LogP contribution in [0.25, 0.3) is 5.57 Å². The Morgan fingerprint density at radius 2 is 1.44 bits per heavy atom. The fourth-order valence-electron chi connectivity index (χ4n) is 3.62. The largest absolute Gasteiger partial charge is 1.00 e. The average molecular weight is 480 g/mol. The fourth-order valence-corrected chi connectivity index (χ4v) is 4.05. The van der Waals surface area contributed by atoms with Gasteiger partial charge in [-0.25, -0.2) is 0 Å². The molecule has 0 N–H and O–H groups in total. The van der Waals surface area contributed by atoms with Gasteiger partial charge in [0.25, 0.3) is 0 Å². The van der Waals surface area contributed by atoms with E-state index in [0.29, 0.717) is 29.2 Å². The molecule has 0 heterocycles. The minimum Gasteiger partial charge on any atom is -0.780 e. The number of hydrogen-bond donors (Lipinski definition) is 0. The van der Waals surface area contributed by atoms with Crippen LogP contribution in [-0.2, 0) is 11.0 Å². The van der Waals surface area contributed by atoms with Crippen molar-refractivity contribution >= 4 is 13.4 Å². The first kappa shape index (κ1) is 29.4. The first-order valence-corrected chi connectivity index (χ1v) is 10.7. The van der Waals surface area contributed by atoms with Gasteiger partial charge in [0.15, 0.2) is 23.0 Å². The van der Waals surface area contributed by atoms with Crippen LogP contribution in [0.4, 0.5) is 0 Å². The maximum absolute atomic E-state index is 11.4. The van der Waals surface area contributed by atoms with Crippen molar-refractivity contribution in [2.45, 2.75) is 19.3 Å². The van der Waals surface area contributed by atoms with E-state index in [1.54, 1.807) is 6.07 Å². The van der Waals surface area contributed by atoms with Crippen molar-refractivity contribution in [3.05, 3.63) is 47.0 Å². The molecule has 0 aliphatic heterocycles. The summed E-state index contributed by atoms with van der Waals surface area (Å²) < 4.78 is 37.7. The zero-order valence-electron chi connectivity index (χ0n) is 19.2. The molecule has 3 rings (SSSR count). The van der Waals surface area contributed by atoms with E-state index < -0.39 is 7.82 Å².